The molecule has 0 spiro atoms. The van der Waals surface area contributed by atoms with Crippen molar-refractivity contribution in [2.45, 2.75) is 30.7 Å². The summed E-state index contributed by atoms with van der Waals surface area (Å²) in [5, 5.41) is 14.5. The second kappa shape index (κ2) is 7.44. The van der Waals surface area contributed by atoms with Crippen LogP contribution in [0.15, 0.2) is 53.4 Å². The number of nitrogens with one attached hydrogen (secondary N) is 1. The summed E-state index contributed by atoms with van der Waals surface area (Å²) in [6, 6.07) is 13.5. The predicted octanol–water partition coefficient (Wildman–Crippen LogP) is 3.95. The summed E-state index contributed by atoms with van der Waals surface area (Å²) in [7, 11) is -3.50. The third-order valence-electron chi connectivity index (χ3n) is 3.70. The van der Waals surface area contributed by atoms with E-state index in [-0.39, 0.29) is 16.6 Å². The minimum atomic E-state index is -3.50. The van der Waals surface area contributed by atoms with Crippen molar-refractivity contribution in [3.05, 3.63) is 64.2 Å². The first-order valence-electron chi connectivity index (χ1n) is 7.63. The van der Waals surface area contributed by atoms with Crippen molar-refractivity contribution < 1.29 is 13.3 Å². The molecule has 0 radical (unpaired) electrons. The highest BCUT2D eigenvalue weighted by Crippen LogP contribution is 2.32. The number of anilines is 1. The van der Waals surface area contributed by atoms with Crippen LogP contribution in [0.2, 0.25) is 0 Å². The van der Waals surface area contributed by atoms with Gasteiger partial charge in [-0.1, -0.05) is 43.7 Å². The molecule has 1 N–H and O–H groups in total. The molecule has 0 aliphatic heterocycles. The highest BCUT2D eigenvalue weighted by Gasteiger charge is 2.21. The molecule has 2 rings (SSSR count). The molecule has 2 aromatic carbocycles. The molecule has 0 aliphatic carbocycles. The Hall–Kier alpha value is -2.41. The fourth-order valence-corrected chi connectivity index (χ4v) is 3.14. The predicted molar refractivity (Wildman–Crippen MR) is 93.9 cm³/mol. The maximum absolute atomic E-state index is 11.6. The number of nitro benzene ring substituents is 1. The van der Waals surface area contributed by atoms with E-state index >= 15 is 0 Å². The fraction of sp³-hybridized carbons (Fsp3) is 0.294. The van der Waals surface area contributed by atoms with E-state index in [2.05, 4.69) is 5.32 Å². The Morgan fingerprint density at radius 2 is 1.83 bits per heavy atom. The summed E-state index contributed by atoms with van der Waals surface area (Å²) >= 11 is 0. The van der Waals surface area contributed by atoms with Gasteiger partial charge in [0.15, 0.2) is 9.84 Å². The normalized spacial score (nSPS) is 12.6. The number of nitrogens with zero attached hydrogens (tertiary/aromatic N) is 1. The van der Waals surface area contributed by atoms with Crippen LogP contribution in [0.1, 0.15) is 31.4 Å². The zero-order valence-electron chi connectivity index (χ0n) is 13.6. The van der Waals surface area contributed by atoms with Gasteiger partial charge in [0.1, 0.15) is 5.69 Å². The largest absolute Gasteiger partial charge is 0.373 e. The highest BCUT2D eigenvalue weighted by atomic mass is 32.2. The smallest absolute Gasteiger partial charge is 0.293 e. The Morgan fingerprint density at radius 1 is 1.17 bits per heavy atom. The van der Waals surface area contributed by atoms with E-state index in [1.54, 1.807) is 0 Å². The summed E-state index contributed by atoms with van der Waals surface area (Å²) in [6.45, 7) is 2.04. The lowest BCUT2D eigenvalue weighted by Crippen LogP contribution is -2.12. The third-order valence-corrected chi connectivity index (χ3v) is 4.81. The number of nitro groups is 1. The Bertz CT molecular complexity index is 820. The van der Waals surface area contributed by atoms with Crippen molar-refractivity contribution in [1.29, 1.82) is 0 Å². The van der Waals surface area contributed by atoms with Gasteiger partial charge in [0.25, 0.3) is 5.69 Å². The lowest BCUT2D eigenvalue weighted by molar-refractivity contribution is -0.384. The van der Waals surface area contributed by atoms with Crippen LogP contribution in [-0.2, 0) is 9.84 Å². The number of hydrogen-bond donors (Lipinski definition) is 1. The van der Waals surface area contributed by atoms with Crippen LogP contribution in [0, 0.1) is 10.1 Å². The average molecular weight is 348 g/mol. The molecule has 0 heterocycles. The minimum absolute atomic E-state index is 0.0634. The van der Waals surface area contributed by atoms with Crippen molar-refractivity contribution >= 4 is 21.2 Å². The minimum Gasteiger partial charge on any atom is -0.373 e. The maximum atomic E-state index is 11.6. The van der Waals surface area contributed by atoms with E-state index in [9.17, 15) is 18.5 Å². The van der Waals surface area contributed by atoms with Gasteiger partial charge in [0.05, 0.1) is 15.9 Å². The van der Waals surface area contributed by atoms with Crippen LogP contribution in [0.4, 0.5) is 11.4 Å². The summed E-state index contributed by atoms with van der Waals surface area (Å²) < 4.78 is 23.2. The van der Waals surface area contributed by atoms with Gasteiger partial charge in [-0.25, -0.2) is 8.42 Å². The van der Waals surface area contributed by atoms with Crippen LogP contribution < -0.4 is 5.32 Å². The molecule has 2 aromatic rings. The zero-order chi connectivity index (χ0) is 17.7. The molecular weight excluding hydrogens is 328 g/mol. The van der Waals surface area contributed by atoms with E-state index in [1.165, 1.54) is 12.1 Å². The molecule has 0 bridgehead atoms. The molecule has 128 valence electrons. The molecule has 0 amide bonds. The first-order chi connectivity index (χ1) is 11.3. The van der Waals surface area contributed by atoms with Gasteiger partial charge in [-0.3, -0.25) is 10.1 Å². The summed E-state index contributed by atoms with van der Waals surface area (Å²) in [5.41, 5.74) is 1.10. The van der Waals surface area contributed by atoms with Crippen molar-refractivity contribution in [2.75, 3.05) is 11.6 Å². The second-order valence-electron chi connectivity index (χ2n) is 5.60. The van der Waals surface area contributed by atoms with Gasteiger partial charge in [-0.2, -0.15) is 0 Å². The first kappa shape index (κ1) is 17.9. The van der Waals surface area contributed by atoms with Crippen molar-refractivity contribution in [1.82, 2.24) is 0 Å². The summed E-state index contributed by atoms with van der Waals surface area (Å²) in [6.07, 6.45) is 2.74. The number of sulfone groups is 1. The number of benzene rings is 2. The molecular formula is C17H20N2O4S. The van der Waals surface area contributed by atoms with Gasteiger partial charge in [0, 0.05) is 12.3 Å². The molecule has 0 unspecified atom stereocenters. The average Bonchev–Trinajstić information content (AvgIpc) is 2.54. The standard InChI is InChI=1S/C17H20N2O4S/c1-3-7-15(13-8-5-4-6-9-13)18-16-11-10-14(24(2,22)23)12-17(16)19(20)21/h4-6,8-12,15,18H,3,7H2,1-2H3/t15-/m1/s1. The maximum Gasteiger partial charge on any atom is 0.293 e. The van der Waals surface area contributed by atoms with Gasteiger partial charge in [0.2, 0.25) is 0 Å². The first-order valence-corrected chi connectivity index (χ1v) is 9.52. The van der Waals surface area contributed by atoms with E-state index in [0.29, 0.717) is 5.69 Å². The third kappa shape index (κ3) is 4.32. The molecule has 1 atom stereocenters. The monoisotopic (exact) mass is 348 g/mol. The molecule has 24 heavy (non-hydrogen) atoms. The van der Waals surface area contributed by atoms with Gasteiger partial charge >= 0.3 is 0 Å². The topological polar surface area (TPSA) is 89.3 Å². The van der Waals surface area contributed by atoms with Crippen LogP contribution in [0.5, 0.6) is 0 Å². The van der Waals surface area contributed by atoms with Crippen molar-refractivity contribution in [3.8, 4) is 0 Å². The quantitative estimate of drug-likeness (QED) is 0.604. The summed E-state index contributed by atoms with van der Waals surface area (Å²) in [5.74, 6) is 0. The van der Waals surface area contributed by atoms with E-state index in [4.69, 9.17) is 0 Å². The van der Waals surface area contributed by atoms with Crippen molar-refractivity contribution in [2.24, 2.45) is 0 Å². The van der Waals surface area contributed by atoms with Crippen molar-refractivity contribution in [3.63, 3.8) is 0 Å². The number of hydrogen-bond acceptors (Lipinski definition) is 5. The Balaban J connectivity index is 2.41. The molecule has 0 saturated heterocycles. The number of rotatable bonds is 7. The lowest BCUT2D eigenvalue weighted by atomic mass is 10.0. The van der Waals surface area contributed by atoms with Crippen LogP contribution in [0.3, 0.4) is 0 Å². The van der Waals surface area contributed by atoms with E-state index < -0.39 is 14.8 Å². The second-order valence-corrected chi connectivity index (χ2v) is 7.62. The van der Waals surface area contributed by atoms with E-state index in [1.807, 2.05) is 37.3 Å². The Labute approximate surface area is 141 Å². The SMILES string of the molecule is CCC[C@@H](Nc1ccc(S(C)(=O)=O)cc1[N+](=O)[O-])c1ccccc1. The summed E-state index contributed by atoms with van der Waals surface area (Å²) in [4.78, 5) is 10.7. The molecule has 0 fully saturated rings. The fourth-order valence-electron chi connectivity index (χ4n) is 2.50. The molecule has 0 aromatic heterocycles. The van der Waals surface area contributed by atoms with Gasteiger partial charge in [-0.15, -0.1) is 0 Å². The van der Waals surface area contributed by atoms with Crippen LogP contribution >= 0.6 is 0 Å². The highest BCUT2D eigenvalue weighted by molar-refractivity contribution is 7.90. The van der Waals surface area contributed by atoms with E-state index in [0.717, 1.165) is 30.7 Å². The van der Waals surface area contributed by atoms with Gasteiger partial charge < -0.3 is 5.32 Å². The van der Waals surface area contributed by atoms with Crippen LogP contribution in [0.25, 0.3) is 0 Å². The molecule has 7 heteroatoms. The Kier molecular flexibility index (Phi) is 5.56. The van der Waals surface area contributed by atoms with Gasteiger partial charge in [-0.05, 0) is 24.1 Å². The molecule has 6 nitrogen and oxygen atoms in total. The molecule has 0 saturated carbocycles. The lowest BCUT2D eigenvalue weighted by Gasteiger charge is -2.20. The zero-order valence-corrected chi connectivity index (χ0v) is 14.4. The van der Waals surface area contributed by atoms with Crippen LogP contribution in [-0.4, -0.2) is 19.6 Å². The molecule has 0 aliphatic rings. The Morgan fingerprint density at radius 3 is 2.38 bits per heavy atom.